The molecule has 4 nitrogen and oxygen atoms in total. The minimum absolute atomic E-state index is 0.500. The Morgan fingerprint density at radius 1 is 1.41 bits per heavy atom. The lowest BCUT2D eigenvalue weighted by Gasteiger charge is -2.31. The summed E-state index contributed by atoms with van der Waals surface area (Å²) in [6.45, 7) is 2.27. The Morgan fingerprint density at radius 3 is 2.94 bits per heavy atom. The van der Waals surface area contributed by atoms with Crippen molar-refractivity contribution in [3.8, 4) is 5.75 Å². The van der Waals surface area contributed by atoms with E-state index in [0.29, 0.717) is 6.04 Å². The lowest BCUT2D eigenvalue weighted by molar-refractivity contribution is 0.261. The van der Waals surface area contributed by atoms with Crippen LogP contribution in [-0.2, 0) is 0 Å². The number of ether oxygens (including phenoxy) is 1. The average Bonchev–Trinajstić information content (AvgIpc) is 2.28. The zero-order valence-corrected chi connectivity index (χ0v) is 10.6. The van der Waals surface area contributed by atoms with Gasteiger partial charge in [0.15, 0.2) is 0 Å². The second-order valence-electron chi connectivity index (χ2n) is 4.74. The molecule has 0 aromatic heterocycles. The highest BCUT2D eigenvalue weighted by atomic mass is 16.5. The number of nitrogen functional groups attached to an aromatic ring is 1. The summed E-state index contributed by atoms with van der Waals surface area (Å²) in [5.41, 5.74) is 7.61. The first kappa shape index (κ1) is 12.0. The van der Waals surface area contributed by atoms with Crippen LogP contribution < -0.4 is 15.8 Å². The van der Waals surface area contributed by atoms with Crippen molar-refractivity contribution in [3.63, 3.8) is 0 Å². The largest absolute Gasteiger partial charge is 0.497 e. The van der Waals surface area contributed by atoms with E-state index in [4.69, 9.17) is 10.5 Å². The molecule has 0 aliphatic carbocycles. The maximum absolute atomic E-state index is 5.84. The quantitative estimate of drug-likeness (QED) is 0.784. The third kappa shape index (κ3) is 3.27. The predicted octanol–water partition coefficient (Wildman–Crippen LogP) is 1.78. The Balaban J connectivity index is 2.04. The fraction of sp³-hybridized carbons (Fsp3) is 0.538. The number of likely N-dealkylation sites (tertiary alicyclic amines) is 1. The number of nitrogens with two attached hydrogens (primary N) is 1. The number of nitrogens with one attached hydrogen (secondary N) is 1. The van der Waals surface area contributed by atoms with Crippen molar-refractivity contribution >= 4 is 11.4 Å². The van der Waals surface area contributed by atoms with Crippen LogP contribution in [0, 0.1) is 0 Å². The monoisotopic (exact) mass is 235 g/mol. The third-order valence-corrected chi connectivity index (χ3v) is 3.16. The van der Waals surface area contributed by atoms with Gasteiger partial charge in [-0.3, -0.25) is 0 Å². The Bertz CT molecular complexity index is 381. The van der Waals surface area contributed by atoms with Crippen molar-refractivity contribution in [3.05, 3.63) is 18.2 Å². The van der Waals surface area contributed by atoms with Gasteiger partial charge in [0.05, 0.1) is 7.11 Å². The number of nitrogens with zero attached hydrogens (tertiary/aromatic N) is 1. The first-order chi connectivity index (χ1) is 8.17. The molecule has 1 saturated heterocycles. The van der Waals surface area contributed by atoms with Gasteiger partial charge in [0.1, 0.15) is 5.75 Å². The fourth-order valence-electron chi connectivity index (χ4n) is 2.34. The van der Waals surface area contributed by atoms with E-state index >= 15 is 0 Å². The topological polar surface area (TPSA) is 50.5 Å². The summed E-state index contributed by atoms with van der Waals surface area (Å²) in [5.74, 6) is 0.802. The number of anilines is 2. The molecule has 1 aromatic rings. The summed E-state index contributed by atoms with van der Waals surface area (Å²) >= 11 is 0. The molecule has 1 unspecified atom stereocenters. The lowest BCUT2D eigenvalue weighted by atomic mass is 10.1. The minimum atomic E-state index is 0.500. The predicted molar refractivity (Wildman–Crippen MR) is 71.5 cm³/mol. The second kappa shape index (κ2) is 5.27. The molecule has 0 amide bonds. The first-order valence-electron chi connectivity index (χ1n) is 6.07. The molecule has 1 aromatic carbocycles. The molecule has 1 aliphatic rings. The summed E-state index contributed by atoms with van der Waals surface area (Å²) in [4.78, 5) is 2.35. The van der Waals surface area contributed by atoms with E-state index in [2.05, 4.69) is 17.3 Å². The van der Waals surface area contributed by atoms with Crippen molar-refractivity contribution in [2.45, 2.75) is 18.9 Å². The van der Waals surface area contributed by atoms with Gasteiger partial charge in [-0.25, -0.2) is 0 Å². The van der Waals surface area contributed by atoms with Crippen LogP contribution in [0.15, 0.2) is 18.2 Å². The van der Waals surface area contributed by atoms with Crippen LogP contribution in [-0.4, -0.2) is 38.2 Å². The number of rotatable bonds is 3. The molecule has 0 spiro atoms. The van der Waals surface area contributed by atoms with Gasteiger partial charge < -0.3 is 20.7 Å². The third-order valence-electron chi connectivity index (χ3n) is 3.16. The molecule has 3 N–H and O–H groups in total. The molecule has 1 atom stereocenters. The molecule has 4 heteroatoms. The molecule has 2 rings (SSSR count). The number of hydrogen-bond donors (Lipinski definition) is 2. The van der Waals surface area contributed by atoms with Crippen LogP contribution in [0.25, 0.3) is 0 Å². The van der Waals surface area contributed by atoms with Crippen molar-refractivity contribution in [1.29, 1.82) is 0 Å². The molecule has 1 heterocycles. The van der Waals surface area contributed by atoms with Gasteiger partial charge in [-0.2, -0.15) is 0 Å². The van der Waals surface area contributed by atoms with Gasteiger partial charge >= 0.3 is 0 Å². The highest BCUT2D eigenvalue weighted by molar-refractivity contribution is 5.59. The molecule has 1 fully saturated rings. The van der Waals surface area contributed by atoms with Crippen LogP contribution in [0.2, 0.25) is 0 Å². The smallest absolute Gasteiger partial charge is 0.122 e. The number of hydrogen-bond acceptors (Lipinski definition) is 4. The summed E-state index contributed by atoms with van der Waals surface area (Å²) in [6, 6.07) is 6.28. The van der Waals surface area contributed by atoms with E-state index in [1.165, 1.54) is 19.4 Å². The maximum atomic E-state index is 5.84. The van der Waals surface area contributed by atoms with Crippen LogP contribution in [0.4, 0.5) is 11.4 Å². The molecular weight excluding hydrogens is 214 g/mol. The Hall–Kier alpha value is -1.42. The molecular formula is C13H21N3O. The highest BCUT2D eigenvalue weighted by Crippen LogP contribution is 2.24. The van der Waals surface area contributed by atoms with Gasteiger partial charge in [0.25, 0.3) is 0 Å². The number of likely N-dealkylation sites (N-methyl/N-ethyl adjacent to an activating group) is 1. The van der Waals surface area contributed by atoms with Gasteiger partial charge in [-0.1, -0.05) is 0 Å². The first-order valence-corrected chi connectivity index (χ1v) is 6.07. The van der Waals surface area contributed by atoms with E-state index in [9.17, 15) is 0 Å². The zero-order valence-electron chi connectivity index (χ0n) is 10.6. The molecule has 0 radical (unpaired) electrons. The van der Waals surface area contributed by atoms with E-state index in [1.807, 2.05) is 18.2 Å². The average molecular weight is 235 g/mol. The van der Waals surface area contributed by atoms with E-state index in [1.54, 1.807) is 7.11 Å². The number of piperidine rings is 1. The fourth-order valence-corrected chi connectivity index (χ4v) is 2.34. The minimum Gasteiger partial charge on any atom is -0.497 e. The summed E-state index contributed by atoms with van der Waals surface area (Å²) in [5, 5.41) is 3.53. The van der Waals surface area contributed by atoms with Crippen LogP contribution >= 0.6 is 0 Å². The molecule has 0 saturated carbocycles. The van der Waals surface area contributed by atoms with E-state index < -0.39 is 0 Å². The van der Waals surface area contributed by atoms with Crippen LogP contribution in [0.3, 0.4) is 0 Å². The number of methoxy groups -OCH3 is 1. The molecule has 0 bridgehead atoms. The molecule has 17 heavy (non-hydrogen) atoms. The SMILES string of the molecule is COc1cc(N)cc(NC2CCCN(C)C2)c1. The second-order valence-corrected chi connectivity index (χ2v) is 4.74. The molecule has 1 aliphatic heterocycles. The Morgan fingerprint density at radius 2 is 2.24 bits per heavy atom. The van der Waals surface area contributed by atoms with Crippen molar-refractivity contribution in [2.24, 2.45) is 0 Å². The summed E-state index contributed by atoms with van der Waals surface area (Å²) in [6.07, 6.45) is 2.45. The normalized spacial score (nSPS) is 21.2. The summed E-state index contributed by atoms with van der Waals surface area (Å²) in [7, 11) is 3.82. The van der Waals surface area contributed by atoms with Crippen molar-refractivity contribution in [2.75, 3.05) is 38.3 Å². The van der Waals surface area contributed by atoms with Crippen LogP contribution in [0.1, 0.15) is 12.8 Å². The summed E-state index contributed by atoms with van der Waals surface area (Å²) < 4.78 is 5.22. The number of benzene rings is 1. The lowest BCUT2D eigenvalue weighted by Crippen LogP contribution is -2.39. The molecule has 94 valence electrons. The Labute approximate surface area is 103 Å². The standard InChI is InChI=1S/C13H21N3O/c1-16-5-3-4-11(9-16)15-12-6-10(14)7-13(8-12)17-2/h6-8,11,15H,3-5,9,14H2,1-2H3. The highest BCUT2D eigenvalue weighted by Gasteiger charge is 2.16. The van der Waals surface area contributed by atoms with Crippen LogP contribution in [0.5, 0.6) is 5.75 Å². The van der Waals surface area contributed by atoms with E-state index in [0.717, 1.165) is 23.7 Å². The van der Waals surface area contributed by atoms with Crippen molar-refractivity contribution < 1.29 is 4.74 Å². The zero-order chi connectivity index (χ0) is 12.3. The van der Waals surface area contributed by atoms with Gasteiger partial charge in [0, 0.05) is 36.1 Å². The van der Waals surface area contributed by atoms with Crippen molar-refractivity contribution in [1.82, 2.24) is 4.90 Å². The van der Waals surface area contributed by atoms with E-state index in [-0.39, 0.29) is 0 Å². The Kier molecular flexibility index (Phi) is 3.74. The van der Waals surface area contributed by atoms with Gasteiger partial charge in [-0.05, 0) is 32.5 Å². The van der Waals surface area contributed by atoms with Gasteiger partial charge in [-0.15, -0.1) is 0 Å². The maximum Gasteiger partial charge on any atom is 0.122 e. The van der Waals surface area contributed by atoms with Gasteiger partial charge in [0.2, 0.25) is 0 Å².